The van der Waals surface area contributed by atoms with Gasteiger partial charge in [0.1, 0.15) is 34.2 Å². The molecule has 0 aliphatic heterocycles. The summed E-state index contributed by atoms with van der Waals surface area (Å²) in [4.78, 5) is 20.5. The van der Waals surface area contributed by atoms with Gasteiger partial charge in [0.25, 0.3) is 5.91 Å². The second-order valence-electron chi connectivity index (χ2n) is 7.11. The molecule has 4 N–H and O–H groups in total. The molecule has 0 unspecified atom stereocenters. The van der Waals surface area contributed by atoms with Crippen LogP contribution in [0.2, 0.25) is 0 Å². The number of nitrogens with zero attached hydrogens (tertiary/aromatic N) is 4. The summed E-state index contributed by atoms with van der Waals surface area (Å²) in [5, 5.41) is 44.7. The Kier molecular flexibility index (Phi) is 8.54. The monoisotopic (exact) mass is 474 g/mol. The molecule has 1 atom stereocenters. The van der Waals surface area contributed by atoms with E-state index in [9.17, 15) is 20.4 Å². The quantitative estimate of drug-likeness (QED) is 0.342. The number of aromatic nitrogens is 2. The highest BCUT2D eigenvalue weighted by molar-refractivity contribution is 7.98. The van der Waals surface area contributed by atoms with E-state index >= 15 is 0 Å². The van der Waals surface area contributed by atoms with E-state index in [1.165, 1.54) is 25.0 Å². The van der Waals surface area contributed by atoms with Crippen LogP contribution >= 0.6 is 11.8 Å². The maximum absolute atomic E-state index is 11.9. The fraction of sp³-hybridized carbons (Fsp3) is 0.208. The molecular weight excluding hydrogens is 452 g/mol. The van der Waals surface area contributed by atoms with Gasteiger partial charge in [0.2, 0.25) is 0 Å². The average Bonchev–Trinajstić information content (AvgIpc) is 2.89. The number of hydrogen-bond acceptors (Lipinski definition) is 9. The lowest BCUT2D eigenvalue weighted by Gasteiger charge is -2.17. The Labute approximate surface area is 201 Å². The van der Waals surface area contributed by atoms with Crippen molar-refractivity contribution >= 4 is 23.5 Å². The summed E-state index contributed by atoms with van der Waals surface area (Å²) in [5.74, 6) is 0.296. The molecule has 172 valence electrons. The first-order valence-electron chi connectivity index (χ1n) is 10.3. The first kappa shape index (κ1) is 24.7. The van der Waals surface area contributed by atoms with Gasteiger partial charge in [-0.3, -0.25) is 9.78 Å². The highest BCUT2D eigenvalue weighted by atomic mass is 32.2. The smallest absolute Gasteiger partial charge is 0.269 e. The second-order valence-corrected chi connectivity index (χ2v) is 8.08. The molecular formula is C24H22N6O3S. The fourth-order valence-corrected chi connectivity index (χ4v) is 4.08. The number of anilines is 1. The number of benzene rings is 1. The van der Waals surface area contributed by atoms with Gasteiger partial charge in [0.15, 0.2) is 0 Å². The molecule has 0 saturated heterocycles. The van der Waals surface area contributed by atoms with Crippen LogP contribution in [0.4, 0.5) is 5.82 Å². The number of aliphatic hydroxyl groups excluding tert-OH is 2. The van der Waals surface area contributed by atoms with Crippen LogP contribution in [-0.2, 0) is 5.75 Å². The zero-order valence-electron chi connectivity index (χ0n) is 18.3. The Balaban J connectivity index is 2.06. The van der Waals surface area contributed by atoms with Crippen LogP contribution in [0.3, 0.4) is 0 Å². The lowest BCUT2D eigenvalue weighted by atomic mass is 9.97. The topological polar surface area (TPSA) is 155 Å². The van der Waals surface area contributed by atoms with Crippen molar-refractivity contribution in [1.29, 1.82) is 10.5 Å². The summed E-state index contributed by atoms with van der Waals surface area (Å²) >= 11 is 1.28. The van der Waals surface area contributed by atoms with Gasteiger partial charge in [-0.1, -0.05) is 30.3 Å². The summed E-state index contributed by atoms with van der Waals surface area (Å²) in [7, 11) is 1.53. The average molecular weight is 475 g/mol. The number of rotatable bonds is 9. The first-order valence-corrected chi connectivity index (χ1v) is 11.3. The molecule has 3 aromatic rings. The molecule has 0 fully saturated rings. The first-order chi connectivity index (χ1) is 16.5. The third-order valence-corrected chi connectivity index (χ3v) is 5.87. The third-order valence-electron chi connectivity index (χ3n) is 4.83. The highest BCUT2D eigenvalue weighted by Crippen LogP contribution is 2.37. The van der Waals surface area contributed by atoms with Gasteiger partial charge in [-0.2, -0.15) is 10.5 Å². The number of hydrogen-bond donors (Lipinski definition) is 4. The predicted molar refractivity (Wildman–Crippen MR) is 128 cm³/mol. The van der Waals surface area contributed by atoms with Crippen molar-refractivity contribution in [2.75, 3.05) is 25.5 Å². The lowest BCUT2D eigenvalue weighted by Crippen LogP contribution is -2.24. The molecule has 0 spiro atoms. The highest BCUT2D eigenvalue weighted by Gasteiger charge is 2.22. The van der Waals surface area contributed by atoms with E-state index in [0.29, 0.717) is 21.9 Å². The molecule has 2 aromatic heterocycles. The van der Waals surface area contributed by atoms with Gasteiger partial charge in [0.05, 0.1) is 18.3 Å². The van der Waals surface area contributed by atoms with E-state index in [2.05, 4.69) is 32.7 Å². The number of nitriles is 2. The molecule has 0 aliphatic rings. The van der Waals surface area contributed by atoms with Crippen molar-refractivity contribution in [3.05, 3.63) is 71.0 Å². The van der Waals surface area contributed by atoms with E-state index in [1.807, 2.05) is 18.2 Å². The Hall–Kier alpha value is -3.96. The summed E-state index contributed by atoms with van der Waals surface area (Å²) in [6, 6.07) is 16.8. The predicted octanol–water partition coefficient (Wildman–Crippen LogP) is 2.30. The minimum absolute atomic E-state index is 0.0255. The van der Waals surface area contributed by atoms with Crippen LogP contribution in [0.1, 0.15) is 27.2 Å². The Morgan fingerprint density at radius 3 is 2.56 bits per heavy atom. The molecule has 1 amide bonds. The zero-order chi connectivity index (χ0) is 24.5. The van der Waals surface area contributed by atoms with Crippen LogP contribution < -0.4 is 10.6 Å². The number of nitrogens with one attached hydrogen (secondary N) is 2. The van der Waals surface area contributed by atoms with Gasteiger partial charge in [-0.25, -0.2) is 4.98 Å². The van der Waals surface area contributed by atoms with Gasteiger partial charge < -0.3 is 20.8 Å². The molecule has 2 heterocycles. The van der Waals surface area contributed by atoms with Crippen molar-refractivity contribution < 1.29 is 15.0 Å². The molecule has 0 aliphatic carbocycles. The zero-order valence-corrected chi connectivity index (χ0v) is 19.1. The van der Waals surface area contributed by atoms with Crippen LogP contribution in [0.15, 0.2) is 53.7 Å². The molecule has 0 saturated carbocycles. The van der Waals surface area contributed by atoms with E-state index in [0.717, 1.165) is 5.56 Å². The second kappa shape index (κ2) is 11.8. The Bertz CT molecular complexity index is 1250. The number of thioether (sulfide) groups is 1. The SMILES string of the molecule is CNC(=O)c1cc(CSc2nc(NC[C@H](O)CO)c(C#N)c(-c3ccccc3)c2C#N)ccn1. The third kappa shape index (κ3) is 5.69. The van der Waals surface area contributed by atoms with Crippen molar-refractivity contribution in [3.63, 3.8) is 0 Å². The molecule has 34 heavy (non-hydrogen) atoms. The summed E-state index contributed by atoms with van der Waals surface area (Å²) in [6.07, 6.45) is 0.497. The number of amides is 1. The van der Waals surface area contributed by atoms with Crippen LogP contribution in [0, 0.1) is 22.7 Å². The summed E-state index contributed by atoms with van der Waals surface area (Å²) in [5.41, 5.74) is 2.62. The number of aliphatic hydroxyl groups is 2. The van der Waals surface area contributed by atoms with Crippen molar-refractivity contribution in [2.24, 2.45) is 0 Å². The minimum Gasteiger partial charge on any atom is -0.394 e. The maximum atomic E-state index is 11.9. The fourth-order valence-electron chi connectivity index (χ4n) is 3.15. The van der Waals surface area contributed by atoms with Gasteiger partial charge >= 0.3 is 0 Å². The normalized spacial score (nSPS) is 11.2. The Morgan fingerprint density at radius 2 is 1.91 bits per heavy atom. The molecule has 10 heteroatoms. The standard InChI is InChI=1S/C24H22N6O3S/c1-27-23(33)20-9-15(7-8-28-20)14-34-24-19(11-26)21(16-5-3-2-4-6-16)18(10-25)22(30-24)29-12-17(32)13-31/h2-9,17,31-32H,12-14H2,1H3,(H,27,33)(H,29,30)/t17-/m0/s1. The van der Waals surface area contributed by atoms with E-state index in [-0.39, 0.29) is 35.1 Å². The Morgan fingerprint density at radius 1 is 1.18 bits per heavy atom. The van der Waals surface area contributed by atoms with Crippen molar-refractivity contribution in [3.8, 4) is 23.3 Å². The molecule has 3 rings (SSSR count). The maximum Gasteiger partial charge on any atom is 0.269 e. The van der Waals surface area contributed by atoms with Gasteiger partial charge in [0, 0.05) is 31.1 Å². The number of pyridine rings is 2. The van der Waals surface area contributed by atoms with Crippen LogP contribution in [0.5, 0.6) is 0 Å². The summed E-state index contributed by atoms with van der Waals surface area (Å²) < 4.78 is 0. The molecule has 9 nitrogen and oxygen atoms in total. The van der Waals surface area contributed by atoms with E-state index in [4.69, 9.17) is 5.11 Å². The molecule has 1 aromatic carbocycles. The van der Waals surface area contributed by atoms with Gasteiger partial charge in [-0.05, 0) is 23.3 Å². The van der Waals surface area contributed by atoms with Crippen molar-refractivity contribution in [2.45, 2.75) is 16.9 Å². The van der Waals surface area contributed by atoms with E-state index in [1.54, 1.807) is 24.3 Å². The van der Waals surface area contributed by atoms with Gasteiger partial charge in [-0.15, -0.1) is 11.8 Å². The largest absolute Gasteiger partial charge is 0.394 e. The molecule has 0 radical (unpaired) electrons. The minimum atomic E-state index is -1.04. The van der Waals surface area contributed by atoms with E-state index < -0.39 is 12.7 Å². The van der Waals surface area contributed by atoms with Crippen LogP contribution in [0.25, 0.3) is 11.1 Å². The lowest BCUT2D eigenvalue weighted by molar-refractivity contribution is 0.0958. The molecule has 0 bridgehead atoms. The van der Waals surface area contributed by atoms with Crippen molar-refractivity contribution in [1.82, 2.24) is 15.3 Å². The number of carbonyl (C=O) groups excluding carboxylic acids is 1. The van der Waals surface area contributed by atoms with Crippen LogP contribution in [-0.4, -0.2) is 52.4 Å². The number of carbonyl (C=O) groups is 1. The summed E-state index contributed by atoms with van der Waals surface area (Å²) in [6.45, 7) is -0.476.